The molecule has 0 saturated carbocycles. The Morgan fingerprint density at radius 3 is 1.52 bits per heavy atom. The molecule has 0 unspecified atom stereocenters. The molecule has 0 saturated heterocycles. The van der Waals surface area contributed by atoms with Gasteiger partial charge in [-0.1, -0.05) is 41.5 Å². The Morgan fingerprint density at radius 1 is 0.708 bits per heavy atom. The van der Waals surface area contributed by atoms with Gasteiger partial charge in [0, 0.05) is 12.1 Å². The molecule has 0 aliphatic heterocycles. The molecule has 0 aliphatic carbocycles. The normalized spacial score (nSPS) is 10.2. The van der Waals surface area contributed by atoms with Gasteiger partial charge in [0.05, 0.1) is 23.3 Å². The summed E-state index contributed by atoms with van der Waals surface area (Å²) in [7, 11) is 5.67. The van der Waals surface area contributed by atoms with E-state index in [0.717, 1.165) is 46.9 Å². The maximum Gasteiger partial charge on any atom is 2.00 e. The fourth-order valence-electron chi connectivity index (χ4n) is 4.14. The van der Waals surface area contributed by atoms with Gasteiger partial charge < -0.3 is 22.3 Å². The van der Waals surface area contributed by atoms with E-state index < -0.39 is 23.3 Å². The molecule has 48 heavy (non-hydrogen) atoms. The number of rotatable bonds is 5. The third-order valence-corrected chi connectivity index (χ3v) is 6.34. The van der Waals surface area contributed by atoms with Gasteiger partial charge in [0.15, 0.2) is 18.6 Å². The second kappa shape index (κ2) is 23.6. The van der Waals surface area contributed by atoms with Crippen molar-refractivity contribution in [1.29, 1.82) is 0 Å². The van der Waals surface area contributed by atoms with Crippen LogP contribution in [0.25, 0.3) is 28.2 Å². The zero-order valence-corrected chi connectivity index (χ0v) is 32.2. The number of aryl methyl sites for hydroxylation is 2. The molecule has 0 aliphatic rings. The molecule has 0 atom stereocenters. The molecule has 2 aromatic heterocycles. The van der Waals surface area contributed by atoms with Crippen LogP contribution in [0.4, 0.5) is 17.6 Å². The van der Waals surface area contributed by atoms with Crippen LogP contribution in [0, 0.1) is 63.7 Å². The maximum atomic E-state index is 13.0. The first-order valence-corrected chi connectivity index (χ1v) is 13.6. The molecule has 0 amide bonds. The van der Waals surface area contributed by atoms with Gasteiger partial charge in [-0.3, -0.25) is 8.78 Å². The second-order valence-electron chi connectivity index (χ2n) is 9.42. The monoisotopic (exact) mass is 728 g/mol. The summed E-state index contributed by atoms with van der Waals surface area (Å²) in [6, 6.07) is 31.9. The summed E-state index contributed by atoms with van der Waals surface area (Å²) in [6.07, 6.45) is 9.43. The summed E-state index contributed by atoms with van der Waals surface area (Å²) in [5.74, 6) is -3.46. The van der Waals surface area contributed by atoms with Crippen LogP contribution < -0.4 is 9.13 Å². The summed E-state index contributed by atoms with van der Waals surface area (Å²) in [6.45, 7) is 5.69. The Labute approximate surface area is 322 Å². The van der Waals surface area contributed by atoms with Crippen molar-refractivity contribution < 1.29 is 31.3 Å². The van der Waals surface area contributed by atoms with Crippen molar-refractivity contribution in [2.24, 2.45) is 14.1 Å². The van der Waals surface area contributed by atoms with E-state index in [-0.39, 0.29) is 67.8 Å². The summed E-state index contributed by atoms with van der Waals surface area (Å²) in [5, 5.41) is 0. The number of pyridine rings is 2. The van der Waals surface area contributed by atoms with Crippen molar-refractivity contribution in [1.82, 2.24) is 0 Å². The van der Waals surface area contributed by atoms with E-state index in [1.165, 1.54) is 0 Å². The Kier molecular flexibility index (Phi) is 22.8. The quantitative estimate of drug-likeness (QED) is 0.0569. The Balaban J connectivity index is 0. The van der Waals surface area contributed by atoms with Crippen LogP contribution in [0.1, 0.15) is 12.5 Å². The first-order valence-electron chi connectivity index (χ1n) is 13.6. The smallest absolute Gasteiger partial charge is 0.358 e. The van der Waals surface area contributed by atoms with E-state index in [9.17, 15) is 17.6 Å². The fraction of sp³-hybridized carbons (Fsp3) is 0.100. The van der Waals surface area contributed by atoms with Gasteiger partial charge in [0.1, 0.15) is 38.2 Å². The maximum absolute atomic E-state index is 13.0. The summed E-state index contributed by atoms with van der Waals surface area (Å²) >= 11 is 0. The predicted molar refractivity (Wildman–Crippen MR) is 190 cm³/mol. The van der Waals surface area contributed by atoms with Gasteiger partial charge >= 0.3 is 45.5 Å². The zero-order valence-electron chi connectivity index (χ0n) is 28.7. The van der Waals surface area contributed by atoms with Crippen molar-refractivity contribution >= 4 is 57.4 Å². The minimum absolute atomic E-state index is 0. The van der Waals surface area contributed by atoms with Crippen LogP contribution in [0.5, 0.6) is 0 Å². The molecule has 0 N–H and O–H groups in total. The van der Waals surface area contributed by atoms with Crippen molar-refractivity contribution in [2.75, 3.05) is 7.05 Å². The Bertz CT molecular complexity index is 1680. The molecule has 0 bridgehead atoms. The van der Waals surface area contributed by atoms with Crippen LogP contribution in [0.3, 0.4) is 0 Å². The van der Waals surface area contributed by atoms with E-state index in [0.29, 0.717) is 11.1 Å². The second-order valence-corrected chi connectivity index (χ2v) is 9.42. The number of halogens is 4. The van der Waals surface area contributed by atoms with Crippen LogP contribution >= 0.6 is 0 Å². The molecule has 3 aromatic carbocycles. The largest absolute Gasteiger partial charge is 2.00 e. The number of hydrogen-bond acceptors (Lipinski definition) is 0. The number of aromatic nitrogens is 2. The molecule has 248 valence electrons. The molecule has 5 aromatic rings. The number of hydrogen-bond donors (Lipinski definition) is 0. The molecule has 0 radical (unpaired) electrons. The molecule has 8 heteroatoms. The van der Waals surface area contributed by atoms with Crippen LogP contribution in [0.15, 0.2) is 116 Å². The third kappa shape index (κ3) is 13.4. The number of allylic oxidation sites excluding steroid dienone is 2. The van der Waals surface area contributed by atoms with Crippen molar-refractivity contribution in [2.45, 2.75) is 6.92 Å². The van der Waals surface area contributed by atoms with E-state index in [1.54, 1.807) is 6.08 Å². The van der Waals surface area contributed by atoms with Gasteiger partial charge in [-0.15, -0.1) is 66.7 Å². The van der Waals surface area contributed by atoms with Crippen LogP contribution in [0.2, 0.25) is 0 Å². The summed E-state index contributed by atoms with van der Waals surface area (Å²) in [5.41, 5.74) is 4.88. The Morgan fingerprint density at radius 2 is 1.17 bits per heavy atom. The predicted octanol–water partition coefficient (Wildman–Crippen LogP) is 8.23. The fourth-order valence-corrected chi connectivity index (χ4v) is 4.14. The van der Waals surface area contributed by atoms with Gasteiger partial charge in [0.25, 0.3) is 0 Å². The van der Waals surface area contributed by atoms with Gasteiger partial charge in [0.2, 0.25) is 0 Å². The minimum atomic E-state index is -0.877. The average molecular weight is 728 g/mol. The van der Waals surface area contributed by atoms with Crippen LogP contribution in [-0.2, 0) is 14.1 Å². The van der Waals surface area contributed by atoms with Crippen molar-refractivity contribution in [3.63, 3.8) is 0 Å². The Hall–Kier alpha value is -3.69. The van der Waals surface area contributed by atoms with Gasteiger partial charge in [-0.2, -0.15) is 0 Å². The zero-order chi connectivity index (χ0) is 32.1. The van der Waals surface area contributed by atoms with E-state index >= 15 is 0 Å². The topological polar surface area (TPSA) is 10.8 Å². The van der Waals surface area contributed by atoms with E-state index in [4.69, 9.17) is 0 Å². The molecular weight excluding hydrogens is 686 g/mol. The molecule has 2 heterocycles. The van der Waals surface area contributed by atoms with Crippen molar-refractivity contribution in [3.05, 3.63) is 185 Å². The first-order chi connectivity index (χ1) is 21.2. The van der Waals surface area contributed by atoms with E-state index in [2.05, 4.69) is 30.9 Å². The summed E-state index contributed by atoms with van der Waals surface area (Å²) < 4.78 is 57.1. The number of benzene rings is 3. The third-order valence-electron chi connectivity index (χ3n) is 6.34. The summed E-state index contributed by atoms with van der Waals surface area (Å²) in [4.78, 5) is 0. The SMILES string of the molecule is C=CC=[N+](C)/C(=C\C)c1[c-]cccc1.C[n+]1ccccc1-c1[c-]cc(F)c(F)c1.C[n+]1ccccc1-c1[c-]cc(F)c(F)c1.[CH3-].[CH3-].[CH3-].[Sr+2]. The molecule has 3 nitrogen and oxygen atoms in total. The van der Waals surface area contributed by atoms with Gasteiger partial charge in [-0.05, 0) is 25.1 Å². The average Bonchev–Trinajstić information content (AvgIpc) is 3.02. The van der Waals surface area contributed by atoms with E-state index in [1.807, 2.05) is 121 Å². The van der Waals surface area contributed by atoms with Crippen molar-refractivity contribution in [3.8, 4) is 22.5 Å². The molecular formula is C40H42F4N3Sr-. The molecule has 0 spiro atoms. The minimum Gasteiger partial charge on any atom is -0.358 e. The first kappa shape index (κ1) is 46.4. The standard InChI is InChI=1S/C13H15N.2C12H9F2N.3CH3.Sr/c1-4-11-14(3)13(5-2)12-9-7-6-8-10-12;2*1-15-7-3-2-4-12(15)9-5-6-10(13)11(14)8-9;;;;/h4-9,11H,1H2,2-3H3;2*2-4,6-8H,1H3;3*1H3;/q;;;3*-1;+2/b13-5-,14-11?;;;;;;. The van der Waals surface area contributed by atoms with Gasteiger partial charge in [-0.25, -0.2) is 22.5 Å². The molecule has 0 fully saturated rings. The number of nitrogens with zero attached hydrogens (tertiary/aromatic N) is 3. The molecule has 5 rings (SSSR count). The van der Waals surface area contributed by atoms with Crippen LogP contribution in [-0.4, -0.2) is 63.3 Å².